The number of hydrogen-bond acceptors (Lipinski definition) is 3. The second kappa shape index (κ2) is 5.32. The number of nitrogens with two attached hydrogens (primary N) is 1. The molecule has 0 spiro atoms. The Kier molecular flexibility index (Phi) is 3.73. The largest absolute Gasteiger partial charge is 0.329 e. The summed E-state index contributed by atoms with van der Waals surface area (Å²) < 4.78 is 0. The first-order valence-corrected chi connectivity index (χ1v) is 8.16. The zero-order valence-corrected chi connectivity index (χ0v) is 12.0. The van der Waals surface area contributed by atoms with Crippen LogP contribution in [0.2, 0.25) is 0 Å². The third kappa shape index (κ3) is 2.49. The highest BCUT2D eigenvalue weighted by molar-refractivity contribution is 7.10. The molecule has 2 nitrogen and oxygen atoms in total. The second-order valence-corrected chi connectivity index (χ2v) is 7.03. The number of hydrogen-bond donors (Lipinski definition) is 1. The molecule has 1 aromatic rings. The minimum absolute atomic E-state index is 0.599. The summed E-state index contributed by atoms with van der Waals surface area (Å²) in [6, 6.07) is 5.77. The van der Waals surface area contributed by atoms with E-state index in [0.29, 0.717) is 12.1 Å². The van der Waals surface area contributed by atoms with Crippen molar-refractivity contribution in [1.82, 2.24) is 4.90 Å². The molecule has 1 aromatic heterocycles. The van der Waals surface area contributed by atoms with E-state index in [4.69, 9.17) is 5.73 Å². The molecule has 3 heteroatoms. The first-order valence-electron chi connectivity index (χ1n) is 7.28. The van der Waals surface area contributed by atoms with Gasteiger partial charge in [-0.3, -0.25) is 4.90 Å². The van der Waals surface area contributed by atoms with Crippen LogP contribution in [0.1, 0.15) is 43.5 Å². The Balaban J connectivity index is 1.81. The molecule has 2 fully saturated rings. The minimum atomic E-state index is 0.599. The van der Waals surface area contributed by atoms with Gasteiger partial charge in [-0.2, -0.15) is 0 Å². The molecular weight excluding hydrogens is 240 g/mol. The van der Waals surface area contributed by atoms with Gasteiger partial charge < -0.3 is 5.73 Å². The molecule has 18 heavy (non-hydrogen) atoms. The Morgan fingerprint density at radius 1 is 1.44 bits per heavy atom. The fraction of sp³-hybridized carbons (Fsp3) is 0.733. The maximum absolute atomic E-state index is 6.03. The van der Waals surface area contributed by atoms with E-state index < -0.39 is 0 Å². The molecule has 3 unspecified atom stereocenters. The Morgan fingerprint density at radius 2 is 2.28 bits per heavy atom. The number of rotatable bonds is 4. The number of piperidine rings is 1. The fourth-order valence-corrected chi connectivity index (χ4v) is 4.34. The van der Waals surface area contributed by atoms with Crippen molar-refractivity contribution in [1.29, 1.82) is 0 Å². The van der Waals surface area contributed by atoms with E-state index >= 15 is 0 Å². The molecule has 0 bridgehead atoms. The highest BCUT2D eigenvalue weighted by Crippen LogP contribution is 2.47. The topological polar surface area (TPSA) is 29.3 Å². The first kappa shape index (κ1) is 12.6. The van der Waals surface area contributed by atoms with E-state index in [1.165, 1.54) is 32.2 Å². The highest BCUT2D eigenvalue weighted by atomic mass is 32.1. The summed E-state index contributed by atoms with van der Waals surface area (Å²) in [7, 11) is 0. The van der Waals surface area contributed by atoms with Crippen LogP contribution in [-0.2, 0) is 0 Å². The van der Waals surface area contributed by atoms with Crippen LogP contribution in [-0.4, -0.2) is 24.0 Å². The van der Waals surface area contributed by atoms with Crippen molar-refractivity contribution in [2.24, 2.45) is 17.6 Å². The Hall–Kier alpha value is -0.380. The average Bonchev–Trinajstić information content (AvgIpc) is 3.06. The van der Waals surface area contributed by atoms with E-state index in [9.17, 15) is 0 Å². The molecule has 1 saturated heterocycles. The minimum Gasteiger partial charge on any atom is -0.329 e. The van der Waals surface area contributed by atoms with Gasteiger partial charge in [0.05, 0.1) is 0 Å². The fourth-order valence-electron chi connectivity index (χ4n) is 3.41. The highest BCUT2D eigenvalue weighted by Gasteiger charge is 2.40. The lowest BCUT2D eigenvalue weighted by atomic mass is 9.90. The molecule has 0 aromatic carbocycles. The van der Waals surface area contributed by atoms with Crippen LogP contribution in [0, 0.1) is 11.8 Å². The van der Waals surface area contributed by atoms with Gasteiger partial charge in [0.1, 0.15) is 0 Å². The molecule has 2 aliphatic rings. The Morgan fingerprint density at radius 3 is 2.89 bits per heavy atom. The average molecular weight is 264 g/mol. The summed E-state index contributed by atoms with van der Waals surface area (Å²) >= 11 is 1.92. The molecule has 3 atom stereocenters. The predicted molar refractivity (Wildman–Crippen MR) is 77.7 cm³/mol. The summed E-state index contributed by atoms with van der Waals surface area (Å²) in [5, 5.41) is 2.22. The van der Waals surface area contributed by atoms with Crippen LogP contribution in [0.3, 0.4) is 0 Å². The van der Waals surface area contributed by atoms with Crippen molar-refractivity contribution < 1.29 is 0 Å². The predicted octanol–water partition coefficient (Wildman–Crippen LogP) is 3.26. The standard InChI is InChI=1S/C15H24N2S/c1-11-6-7-17(13(9-11)10-16)15(12-4-5-12)14-3-2-8-18-14/h2-3,8,11-13,15H,4-7,9-10,16H2,1H3. The molecular formula is C15H24N2S. The van der Waals surface area contributed by atoms with Gasteiger partial charge in [-0.25, -0.2) is 0 Å². The maximum Gasteiger partial charge on any atom is 0.0473 e. The second-order valence-electron chi connectivity index (χ2n) is 6.05. The van der Waals surface area contributed by atoms with E-state index in [1.807, 2.05) is 11.3 Å². The van der Waals surface area contributed by atoms with Crippen LogP contribution in [0.5, 0.6) is 0 Å². The molecule has 2 N–H and O–H groups in total. The van der Waals surface area contributed by atoms with Gasteiger partial charge >= 0.3 is 0 Å². The molecule has 1 saturated carbocycles. The quantitative estimate of drug-likeness (QED) is 0.904. The van der Waals surface area contributed by atoms with E-state index in [-0.39, 0.29) is 0 Å². The SMILES string of the molecule is CC1CCN(C(c2cccs2)C2CC2)C(CN)C1. The molecule has 2 heterocycles. The van der Waals surface area contributed by atoms with Gasteiger partial charge in [0.2, 0.25) is 0 Å². The number of likely N-dealkylation sites (tertiary alicyclic amines) is 1. The third-order valence-electron chi connectivity index (χ3n) is 4.56. The first-order chi connectivity index (χ1) is 8.79. The lowest BCUT2D eigenvalue weighted by molar-refractivity contribution is 0.0665. The Labute approximate surface area is 114 Å². The van der Waals surface area contributed by atoms with Gasteiger partial charge in [0.15, 0.2) is 0 Å². The van der Waals surface area contributed by atoms with Crippen LogP contribution >= 0.6 is 11.3 Å². The molecule has 1 aliphatic heterocycles. The van der Waals surface area contributed by atoms with Crippen LogP contribution in [0.25, 0.3) is 0 Å². The van der Waals surface area contributed by atoms with Crippen molar-refractivity contribution >= 4 is 11.3 Å². The summed E-state index contributed by atoms with van der Waals surface area (Å²) in [5.74, 6) is 1.74. The third-order valence-corrected chi connectivity index (χ3v) is 5.50. The van der Waals surface area contributed by atoms with Crippen molar-refractivity contribution in [3.05, 3.63) is 22.4 Å². The normalized spacial score (nSPS) is 31.4. The molecule has 100 valence electrons. The zero-order valence-electron chi connectivity index (χ0n) is 11.2. The molecule has 1 aliphatic carbocycles. The van der Waals surface area contributed by atoms with E-state index in [2.05, 4.69) is 29.3 Å². The van der Waals surface area contributed by atoms with Gasteiger partial charge in [-0.15, -0.1) is 11.3 Å². The summed E-state index contributed by atoms with van der Waals surface area (Å²) in [4.78, 5) is 4.29. The van der Waals surface area contributed by atoms with Gasteiger partial charge in [0.25, 0.3) is 0 Å². The monoisotopic (exact) mass is 264 g/mol. The smallest absolute Gasteiger partial charge is 0.0473 e. The van der Waals surface area contributed by atoms with Crippen molar-refractivity contribution in [3.63, 3.8) is 0 Å². The van der Waals surface area contributed by atoms with Gasteiger partial charge in [-0.05, 0) is 55.5 Å². The summed E-state index contributed by atoms with van der Waals surface area (Å²) in [5.41, 5.74) is 6.03. The molecule has 3 rings (SSSR count). The maximum atomic E-state index is 6.03. The van der Waals surface area contributed by atoms with Gasteiger partial charge in [0, 0.05) is 23.5 Å². The number of thiophene rings is 1. The summed E-state index contributed by atoms with van der Waals surface area (Å²) in [6.45, 7) is 4.43. The lowest BCUT2D eigenvalue weighted by Gasteiger charge is -2.43. The number of nitrogens with zero attached hydrogens (tertiary/aromatic N) is 1. The molecule has 0 amide bonds. The van der Waals surface area contributed by atoms with Crippen molar-refractivity contribution in [2.75, 3.05) is 13.1 Å². The lowest BCUT2D eigenvalue weighted by Crippen LogP contribution is -2.48. The van der Waals surface area contributed by atoms with Crippen molar-refractivity contribution in [2.45, 2.75) is 44.7 Å². The van der Waals surface area contributed by atoms with E-state index in [0.717, 1.165) is 18.4 Å². The van der Waals surface area contributed by atoms with Crippen molar-refractivity contribution in [3.8, 4) is 0 Å². The van der Waals surface area contributed by atoms with Crippen LogP contribution < -0.4 is 5.73 Å². The van der Waals surface area contributed by atoms with Crippen LogP contribution in [0.15, 0.2) is 17.5 Å². The zero-order chi connectivity index (χ0) is 12.5. The van der Waals surface area contributed by atoms with Gasteiger partial charge in [-0.1, -0.05) is 13.0 Å². The Bertz CT molecular complexity index is 372. The molecule has 0 radical (unpaired) electrons. The van der Waals surface area contributed by atoms with E-state index in [1.54, 1.807) is 4.88 Å². The summed E-state index contributed by atoms with van der Waals surface area (Å²) in [6.07, 6.45) is 5.44. The van der Waals surface area contributed by atoms with Crippen LogP contribution in [0.4, 0.5) is 0 Å².